The van der Waals surface area contributed by atoms with E-state index in [1.807, 2.05) is 0 Å². The van der Waals surface area contributed by atoms with Gasteiger partial charge in [-0.1, -0.05) is 38.8 Å². The van der Waals surface area contributed by atoms with Gasteiger partial charge in [0.15, 0.2) is 0 Å². The van der Waals surface area contributed by atoms with Crippen LogP contribution in [-0.4, -0.2) is 0 Å². The SMILES string of the molecule is CC1=C(C(C)(C)C)c2cc(C)c[c-]c2C1.[Y]. The zero-order valence-corrected chi connectivity index (χ0v) is 13.8. The van der Waals surface area contributed by atoms with E-state index in [0.717, 1.165) is 6.42 Å². The van der Waals surface area contributed by atoms with Gasteiger partial charge in [0.05, 0.1) is 0 Å². The molecule has 0 nitrogen and oxygen atoms in total. The van der Waals surface area contributed by atoms with Crippen molar-refractivity contribution in [1.82, 2.24) is 0 Å². The summed E-state index contributed by atoms with van der Waals surface area (Å²) >= 11 is 0. The first-order valence-electron chi connectivity index (χ1n) is 5.61. The third-order valence-corrected chi connectivity index (χ3v) is 3.06. The predicted molar refractivity (Wildman–Crippen MR) is 65.8 cm³/mol. The van der Waals surface area contributed by atoms with Gasteiger partial charge in [0.2, 0.25) is 0 Å². The van der Waals surface area contributed by atoms with Crippen LogP contribution in [0.25, 0.3) is 5.57 Å². The van der Waals surface area contributed by atoms with Gasteiger partial charge in [0, 0.05) is 32.7 Å². The van der Waals surface area contributed by atoms with E-state index in [4.69, 9.17) is 0 Å². The van der Waals surface area contributed by atoms with E-state index in [2.05, 4.69) is 52.8 Å². The van der Waals surface area contributed by atoms with Crippen molar-refractivity contribution in [3.05, 3.63) is 40.5 Å². The molecule has 1 aromatic rings. The van der Waals surface area contributed by atoms with Crippen molar-refractivity contribution >= 4 is 5.57 Å². The monoisotopic (exact) mass is 288 g/mol. The summed E-state index contributed by atoms with van der Waals surface area (Å²) in [6, 6.07) is 7.81. The summed E-state index contributed by atoms with van der Waals surface area (Å²) in [5.74, 6) is 0. The molecule has 0 atom stereocenters. The third kappa shape index (κ3) is 2.49. The average molecular weight is 288 g/mol. The maximum atomic E-state index is 3.41. The number of rotatable bonds is 0. The van der Waals surface area contributed by atoms with E-state index in [0.29, 0.717) is 0 Å². The van der Waals surface area contributed by atoms with Crippen LogP contribution in [0.15, 0.2) is 17.7 Å². The molecule has 16 heavy (non-hydrogen) atoms. The molecule has 0 unspecified atom stereocenters. The molecule has 1 radical (unpaired) electrons. The topological polar surface area (TPSA) is 0 Å². The van der Waals surface area contributed by atoms with Crippen LogP contribution in [0.4, 0.5) is 0 Å². The van der Waals surface area contributed by atoms with Crippen molar-refractivity contribution in [2.45, 2.75) is 41.0 Å². The molecule has 0 aliphatic heterocycles. The molecule has 83 valence electrons. The second kappa shape index (κ2) is 4.74. The average Bonchev–Trinajstić information content (AvgIpc) is 2.38. The van der Waals surface area contributed by atoms with Gasteiger partial charge in [-0.05, 0) is 18.8 Å². The Morgan fingerprint density at radius 3 is 2.38 bits per heavy atom. The fourth-order valence-corrected chi connectivity index (χ4v) is 2.63. The smallest absolute Gasteiger partial charge is 0 e. The summed E-state index contributed by atoms with van der Waals surface area (Å²) < 4.78 is 0. The van der Waals surface area contributed by atoms with Crippen molar-refractivity contribution < 1.29 is 32.7 Å². The van der Waals surface area contributed by atoms with Crippen molar-refractivity contribution in [3.8, 4) is 0 Å². The van der Waals surface area contributed by atoms with Gasteiger partial charge < -0.3 is 0 Å². The van der Waals surface area contributed by atoms with Crippen molar-refractivity contribution in [1.29, 1.82) is 0 Å². The third-order valence-electron chi connectivity index (χ3n) is 3.06. The van der Waals surface area contributed by atoms with Gasteiger partial charge in [-0.3, -0.25) is 0 Å². The Balaban J connectivity index is 0.00000128. The Morgan fingerprint density at radius 1 is 1.19 bits per heavy atom. The van der Waals surface area contributed by atoms with Crippen LogP contribution in [0, 0.1) is 18.4 Å². The molecular formula is C15H19Y-. The Hall–Kier alpha value is 0.0639. The number of hydrogen-bond donors (Lipinski definition) is 0. The van der Waals surface area contributed by atoms with E-state index >= 15 is 0 Å². The fourth-order valence-electron chi connectivity index (χ4n) is 2.63. The van der Waals surface area contributed by atoms with Crippen molar-refractivity contribution in [3.63, 3.8) is 0 Å². The minimum Gasteiger partial charge on any atom is -0.179 e. The van der Waals surface area contributed by atoms with E-state index in [-0.39, 0.29) is 38.1 Å². The largest absolute Gasteiger partial charge is 0.179 e. The molecule has 0 spiro atoms. The molecule has 0 N–H and O–H groups in total. The van der Waals surface area contributed by atoms with Crippen LogP contribution in [0.3, 0.4) is 0 Å². The fraction of sp³-hybridized carbons (Fsp3) is 0.467. The van der Waals surface area contributed by atoms with Gasteiger partial charge in [-0.15, -0.1) is 5.56 Å². The summed E-state index contributed by atoms with van der Waals surface area (Å²) in [7, 11) is 0. The first-order valence-corrected chi connectivity index (χ1v) is 5.61. The first-order chi connectivity index (χ1) is 6.89. The van der Waals surface area contributed by atoms with Crippen LogP contribution in [-0.2, 0) is 39.1 Å². The minimum absolute atomic E-state index is 0. The van der Waals surface area contributed by atoms with Gasteiger partial charge in [0.25, 0.3) is 0 Å². The number of aryl methyl sites for hydroxylation is 1. The summed E-state index contributed by atoms with van der Waals surface area (Å²) in [6.07, 6.45) is 1.09. The van der Waals surface area contributed by atoms with Gasteiger partial charge in [-0.25, -0.2) is 0 Å². The Kier molecular flexibility index (Phi) is 4.19. The number of hydrogen-bond acceptors (Lipinski definition) is 0. The Morgan fingerprint density at radius 2 is 1.81 bits per heavy atom. The van der Waals surface area contributed by atoms with Crippen LogP contribution in [0.5, 0.6) is 0 Å². The molecule has 0 fully saturated rings. The standard InChI is InChI=1S/C15H19.Y/c1-10-6-7-12-9-11(2)14(13(12)8-10)15(3,4)5;/h6,8H,9H2,1-5H3;/q-1;. The van der Waals surface area contributed by atoms with Gasteiger partial charge >= 0.3 is 0 Å². The molecule has 1 aliphatic carbocycles. The maximum Gasteiger partial charge on any atom is 0 e. The van der Waals surface area contributed by atoms with E-state index in [1.165, 1.54) is 27.8 Å². The first kappa shape index (κ1) is 14.1. The van der Waals surface area contributed by atoms with Crippen molar-refractivity contribution in [2.75, 3.05) is 0 Å². The zero-order valence-electron chi connectivity index (χ0n) is 10.9. The summed E-state index contributed by atoms with van der Waals surface area (Å²) in [6.45, 7) is 11.3. The minimum atomic E-state index is 0. The molecule has 1 aromatic carbocycles. The molecule has 0 aromatic heterocycles. The normalized spacial score (nSPS) is 14.8. The molecule has 0 saturated heterocycles. The molecule has 0 heterocycles. The summed E-state index contributed by atoms with van der Waals surface area (Å²) in [5, 5.41) is 0. The second-order valence-electron chi connectivity index (χ2n) is 5.65. The Bertz CT molecular complexity index is 433. The van der Waals surface area contributed by atoms with E-state index in [9.17, 15) is 0 Å². The van der Waals surface area contributed by atoms with E-state index in [1.54, 1.807) is 0 Å². The van der Waals surface area contributed by atoms with Crippen LogP contribution >= 0.6 is 0 Å². The molecule has 1 aliphatic rings. The summed E-state index contributed by atoms with van der Waals surface area (Å²) in [5.41, 5.74) is 7.40. The van der Waals surface area contributed by atoms with Gasteiger partial charge in [0.1, 0.15) is 0 Å². The number of fused-ring (bicyclic) bond motifs is 1. The molecule has 2 rings (SSSR count). The maximum absolute atomic E-state index is 3.41. The molecule has 0 saturated carbocycles. The van der Waals surface area contributed by atoms with Crippen molar-refractivity contribution in [2.24, 2.45) is 5.41 Å². The van der Waals surface area contributed by atoms with Crippen LogP contribution < -0.4 is 0 Å². The zero-order chi connectivity index (χ0) is 11.2. The van der Waals surface area contributed by atoms with E-state index < -0.39 is 0 Å². The summed E-state index contributed by atoms with van der Waals surface area (Å²) in [4.78, 5) is 0. The molecule has 1 heteroatoms. The van der Waals surface area contributed by atoms with Crippen LogP contribution in [0.1, 0.15) is 44.4 Å². The van der Waals surface area contributed by atoms with Crippen LogP contribution in [0.2, 0.25) is 0 Å². The molecular weight excluding hydrogens is 269 g/mol. The molecule has 0 amide bonds. The predicted octanol–water partition coefficient (Wildman–Crippen LogP) is 4.17. The molecule has 0 bridgehead atoms. The quantitative estimate of drug-likeness (QED) is 0.629. The number of allylic oxidation sites excluding steroid dienone is 2. The Labute approximate surface area is 124 Å². The second-order valence-corrected chi connectivity index (χ2v) is 5.65. The van der Waals surface area contributed by atoms with Gasteiger partial charge in [-0.2, -0.15) is 29.3 Å². The number of benzene rings is 1.